The summed E-state index contributed by atoms with van der Waals surface area (Å²) in [5.74, 6) is -3.11. The van der Waals surface area contributed by atoms with Crippen LogP contribution in [0.25, 0.3) is 0 Å². The zero-order chi connectivity index (χ0) is 42.7. The standard InChI is InChI=1S/C31H56N4O19P2.2Na.62H2.2H/c1-21(36)15-29(40)34-27(17-47-11-7-23(3)53-25(5)38)19-51-55(43,44)49-13-9-32-31(42)33-10-14-50-56(45,46)52-20-28(35-30(41)16-22(2)37)18-48-12-8-24(4)54-26(6)39;;;;;;;;;;;;;;;;;;;;;;;;;;;;;;;;;;;;;;;;;;;;;;;;;;;;;;;;;;;;;;;;;;/h23-24,27-28H,7-20H2,1-6H3,(H,34,40)(H,35,41)(H,43,44)(H,45,46)(H2,32,33,42);;;62*1H;;/q;2*+1;;;;;;;;;;;;;;;;;;;;;;;;;;;;;;;;;;;;;;;;;;;;;;;;;;;;;;;;;;;;;;;2*-1/t23-,24-,27-,28-;;;;;;;;;;;;;;;;;;;;;;;;;;;;;;;;;;;;;;;;;;;;;;;;;;;;;;;;;;;;;;;;;;/m1................................................................../s1. The largest absolute Gasteiger partial charge is 1.00 e. The van der Waals surface area contributed by atoms with E-state index in [4.69, 9.17) is 37.0 Å². The molecule has 0 aromatic heterocycles. The second-order valence-electron chi connectivity index (χ2n) is 12.2. The van der Waals surface area contributed by atoms with Gasteiger partial charge in [0.05, 0.1) is 77.8 Å². The van der Waals surface area contributed by atoms with Gasteiger partial charge in [0.15, 0.2) is 0 Å². The van der Waals surface area contributed by atoms with Crippen LogP contribution in [0.15, 0.2) is 0 Å². The van der Waals surface area contributed by atoms with Gasteiger partial charge in [0.1, 0.15) is 23.8 Å². The van der Waals surface area contributed by atoms with Crippen LogP contribution in [0.1, 0.15) is 159 Å². The molecule has 23 nitrogen and oxygen atoms in total. The van der Waals surface area contributed by atoms with Gasteiger partial charge in [-0.1, -0.05) is 0 Å². The van der Waals surface area contributed by atoms with Crippen molar-refractivity contribution in [2.24, 2.45) is 0 Å². The monoisotopic (exact) mass is 1020 g/mol. The molecule has 58 heavy (non-hydrogen) atoms. The van der Waals surface area contributed by atoms with E-state index in [1.54, 1.807) is 13.8 Å². The number of rotatable bonds is 32. The Kier molecular flexibility index (Phi) is 36.0. The summed E-state index contributed by atoms with van der Waals surface area (Å²) >= 11 is 0. The maximum absolute atomic E-state index is 12.4. The summed E-state index contributed by atoms with van der Waals surface area (Å²) in [7, 11) is -9.39. The molecule has 0 radical (unpaired) electrons. The molecule has 0 aromatic rings. The summed E-state index contributed by atoms with van der Waals surface area (Å²) < 4.78 is 65.1. The average Bonchev–Trinajstić information content (AvgIpc) is 3.05. The SMILES string of the molecule is CC(=O)CC(=O)N[C@H](COCC[C@@H](C)OC(C)=O)COP(=O)(O)OCCNC(=O)NCCOP(=O)(O)OC[C@@H](COCC[C@@H](C)OC(C)=O)NC(=O)CC(C)=O.[H-].[H-].[HH].[HH].[HH].[HH].[HH].[HH].[HH].[HH].[HH].[HH].[HH].[HH].[HH].[HH].[HH].[HH].[HH].[HH].[HH].[HH].[HH].[HH].[HH].[HH].[HH].[HH].[HH].[HH].[HH].[HH].[HH].[HH].[HH].[HH].[HH].[HH].[HH].[HH].[HH].[HH].[HH].[HH].[HH].[HH].[HH].[HH].[HH].[HH].[HH].[HH].[HH].[HH].[HH].[HH].[HH].[HH].[HH].[HH].[HH].[HH].[HH].[HH].[Na+].[Na+]. The van der Waals surface area contributed by atoms with Gasteiger partial charge in [-0.3, -0.25) is 46.9 Å². The summed E-state index contributed by atoms with van der Waals surface area (Å²) in [5.41, 5.74) is 0. The van der Waals surface area contributed by atoms with Gasteiger partial charge in [0.2, 0.25) is 11.8 Å². The Morgan fingerprint density at radius 2 is 0.931 bits per heavy atom. The van der Waals surface area contributed by atoms with E-state index < -0.39 is 121 Å². The molecule has 0 aliphatic heterocycles. The van der Waals surface area contributed by atoms with E-state index in [9.17, 15) is 52.5 Å². The zero-order valence-electron chi connectivity index (χ0n) is 36.4. The maximum atomic E-state index is 12.4. The molecule has 0 saturated heterocycles. The van der Waals surface area contributed by atoms with E-state index in [0.29, 0.717) is 12.8 Å². The van der Waals surface area contributed by atoms with E-state index in [-0.39, 0.29) is 190 Å². The smallest absolute Gasteiger partial charge is 1.00 e. The number of ether oxygens (including phenoxy) is 4. The number of phosphoric ester groups is 2. The number of hydrogen-bond acceptors (Lipinski definition) is 17. The van der Waals surface area contributed by atoms with Gasteiger partial charge in [-0.2, -0.15) is 0 Å². The number of hydrogen-bond donors (Lipinski definition) is 6. The van der Waals surface area contributed by atoms with Gasteiger partial charge in [0, 0.05) is 128 Å². The number of esters is 2. The van der Waals surface area contributed by atoms with Crippen molar-refractivity contribution in [3.63, 3.8) is 0 Å². The molecule has 0 spiro atoms. The quantitative estimate of drug-likeness (QED) is 0.0120. The second kappa shape index (κ2) is 34.2. The topological polar surface area (TPSA) is 316 Å². The third-order valence-corrected chi connectivity index (χ3v) is 8.39. The molecule has 0 rings (SSSR count). The maximum Gasteiger partial charge on any atom is 1.00 e. The molecular weight excluding hydrogens is 840 g/mol. The van der Waals surface area contributed by atoms with E-state index in [2.05, 4.69) is 21.3 Å². The number of carbonyl (C=O) groups is 7. The molecule has 452 valence electrons. The fraction of sp³-hybridized carbons (Fsp3) is 0.774. The Bertz CT molecular complexity index is 1410. The van der Waals surface area contributed by atoms with Crippen LogP contribution in [0.5, 0.6) is 0 Å². The van der Waals surface area contributed by atoms with Crippen molar-refractivity contribution in [1.29, 1.82) is 0 Å². The Hall–Kier alpha value is -1.37. The minimum atomic E-state index is -4.70. The molecule has 0 heterocycles. The third-order valence-electron chi connectivity index (χ3n) is 6.42. The number of carbonyl (C=O) groups excluding carboxylic acids is 7. The predicted molar refractivity (Wildman–Crippen MR) is 326 cm³/mol. The Labute approximate surface area is 476 Å². The normalized spacial score (nSPS) is 14.9. The molecule has 6 N–H and O–H groups in total. The van der Waals surface area contributed by atoms with E-state index in [1.165, 1.54) is 27.7 Å². The third kappa shape index (κ3) is 37.6. The van der Waals surface area contributed by atoms with Crippen LogP contribution in [0.4, 0.5) is 4.79 Å². The molecule has 4 amide bonds. The number of nitrogens with one attached hydrogen (secondary N) is 4. The van der Waals surface area contributed by atoms with Gasteiger partial charge in [0.25, 0.3) is 0 Å². The molecule has 2 unspecified atom stereocenters. The van der Waals surface area contributed by atoms with Gasteiger partial charge >= 0.3 is 92.7 Å². The molecule has 0 fully saturated rings. The summed E-state index contributed by atoms with van der Waals surface area (Å²) in [6, 6.07) is -2.73. The van der Waals surface area contributed by atoms with Crippen LogP contribution in [0, 0.1) is 0 Å². The first-order chi connectivity index (χ1) is 26.1. The minimum Gasteiger partial charge on any atom is -1.00 e. The van der Waals surface area contributed by atoms with Crippen LogP contribution in [0.2, 0.25) is 0 Å². The number of Topliss-reactive ketones (excluding diaryl/α,β-unsaturated/α-hetero) is 2. The fourth-order valence-electron chi connectivity index (χ4n) is 4.06. The Morgan fingerprint density at radius 3 is 1.24 bits per heavy atom. The van der Waals surface area contributed by atoms with Gasteiger partial charge in [-0.25, -0.2) is 13.9 Å². The van der Waals surface area contributed by atoms with Crippen LogP contribution in [-0.2, 0) is 74.9 Å². The van der Waals surface area contributed by atoms with Gasteiger partial charge in [-0.05, 0) is 27.7 Å². The molecule has 0 aliphatic carbocycles. The van der Waals surface area contributed by atoms with Crippen molar-refractivity contribution in [2.45, 2.75) is 91.5 Å². The van der Waals surface area contributed by atoms with E-state index in [1.807, 2.05) is 0 Å². The molecular formula is C31H182N4Na2O19P2. The first-order valence-corrected chi connectivity index (χ1v) is 20.4. The summed E-state index contributed by atoms with van der Waals surface area (Å²) in [5, 5.41) is 9.52. The van der Waals surface area contributed by atoms with E-state index in [0.717, 1.165) is 0 Å². The minimum absolute atomic E-state index is 0. The van der Waals surface area contributed by atoms with Crippen molar-refractivity contribution in [2.75, 3.05) is 65.9 Å². The zero-order valence-corrected chi connectivity index (χ0v) is 40.2. The van der Waals surface area contributed by atoms with Crippen LogP contribution in [0.3, 0.4) is 0 Å². The van der Waals surface area contributed by atoms with Crippen LogP contribution >= 0.6 is 15.6 Å². The van der Waals surface area contributed by atoms with E-state index >= 15 is 0 Å². The van der Waals surface area contributed by atoms with Crippen LogP contribution in [-0.4, -0.2) is 141 Å². The van der Waals surface area contributed by atoms with Crippen molar-refractivity contribution in [3.8, 4) is 0 Å². The number of phosphoric acid groups is 2. The van der Waals surface area contributed by atoms with Crippen molar-refractivity contribution >= 4 is 57.0 Å². The fourth-order valence-corrected chi connectivity index (χ4v) is 5.59. The van der Waals surface area contributed by atoms with Crippen molar-refractivity contribution in [1.82, 2.24) is 21.3 Å². The van der Waals surface area contributed by atoms with Gasteiger partial charge < -0.3 is 52.9 Å². The molecule has 0 aromatic carbocycles. The summed E-state index contributed by atoms with van der Waals surface area (Å²) in [6.07, 6.45) is -1.11. The predicted octanol–water partition coefficient (Wildman–Crippen LogP) is 9.68. The first-order valence-electron chi connectivity index (χ1n) is 17.4. The molecule has 0 aliphatic rings. The first kappa shape index (κ1) is 60.9. The van der Waals surface area contributed by atoms with Crippen molar-refractivity contribution in [3.05, 3.63) is 0 Å². The summed E-state index contributed by atoms with van der Waals surface area (Å²) in [4.78, 5) is 101. The molecule has 0 bridgehead atoms. The molecule has 27 heteroatoms. The van der Waals surface area contributed by atoms with Crippen molar-refractivity contribution < 1.29 is 240 Å². The molecule has 6 atom stereocenters. The average molecular weight is 1020 g/mol. The number of amides is 4. The second-order valence-corrected chi connectivity index (χ2v) is 15.1. The molecule has 0 saturated carbocycles. The Balaban J connectivity index is -0.00000000705. The summed E-state index contributed by atoms with van der Waals surface area (Å²) in [6.45, 7) is 5.42. The van der Waals surface area contributed by atoms with Crippen LogP contribution < -0.4 is 80.4 Å². The number of urea groups is 1. The van der Waals surface area contributed by atoms with Gasteiger partial charge in [-0.15, -0.1) is 0 Å². The number of ketones is 2. The Morgan fingerprint density at radius 1 is 0.586 bits per heavy atom.